The summed E-state index contributed by atoms with van der Waals surface area (Å²) in [4.78, 5) is 32.6. The highest BCUT2D eigenvalue weighted by Crippen LogP contribution is 2.16. The minimum atomic E-state index is -0.584. The second kappa shape index (κ2) is 11.8. The smallest absolute Gasteiger partial charge is 0.272 e. The Hall–Kier alpha value is -1.77. The number of hydrogen-bond donors (Lipinski definition) is 1. The van der Waals surface area contributed by atoms with Crippen LogP contribution in [0.4, 0.5) is 5.69 Å². The molecule has 0 radical (unpaired) electrons. The van der Waals surface area contributed by atoms with Crippen molar-refractivity contribution in [2.45, 2.75) is 13.3 Å². The van der Waals surface area contributed by atoms with Crippen LogP contribution in [-0.4, -0.2) is 59.1 Å². The van der Waals surface area contributed by atoms with Crippen LogP contribution in [0.15, 0.2) is 9.59 Å². The average Bonchev–Trinajstić information content (AvgIpc) is 2.57. The van der Waals surface area contributed by atoms with Crippen LogP contribution in [0.25, 0.3) is 0 Å². The van der Waals surface area contributed by atoms with Crippen LogP contribution in [-0.2, 0) is 19.0 Å². The van der Waals surface area contributed by atoms with Crippen molar-refractivity contribution in [1.82, 2.24) is 0 Å². The van der Waals surface area contributed by atoms with E-state index in [1.807, 2.05) is 0 Å². The van der Waals surface area contributed by atoms with Gasteiger partial charge in [-0.3, -0.25) is 9.59 Å². The zero-order valence-corrected chi connectivity index (χ0v) is 13.3. The number of rotatable bonds is 15. The van der Waals surface area contributed by atoms with E-state index in [4.69, 9.17) is 18.9 Å². The van der Waals surface area contributed by atoms with Crippen LogP contribution in [0.1, 0.15) is 13.3 Å². The molecule has 130 valence electrons. The summed E-state index contributed by atoms with van der Waals surface area (Å²) in [7, 11) is 0. The molecule has 0 amide bonds. The molecular weight excluding hydrogens is 306 g/mol. The van der Waals surface area contributed by atoms with Crippen LogP contribution in [0.2, 0.25) is 0 Å². The van der Waals surface area contributed by atoms with E-state index in [1.165, 1.54) is 0 Å². The number of anilines is 1. The molecule has 0 aliphatic heterocycles. The van der Waals surface area contributed by atoms with E-state index in [2.05, 4.69) is 5.32 Å². The lowest BCUT2D eigenvalue weighted by Gasteiger charge is -2.13. The fourth-order valence-electron chi connectivity index (χ4n) is 1.73. The molecule has 0 fully saturated rings. The molecule has 1 aromatic carbocycles. The Kier molecular flexibility index (Phi) is 9.85. The first-order chi connectivity index (χ1) is 11.2. The molecule has 8 nitrogen and oxygen atoms in total. The van der Waals surface area contributed by atoms with Crippen molar-refractivity contribution in [3.63, 3.8) is 0 Å². The highest BCUT2D eigenvalue weighted by molar-refractivity contribution is 5.61. The summed E-state index contributed by atoms with van der Waals surface area (Å²) in [5.74, 6) is 0.107. The van der Waals surface area contributed by atoms with E-state index in [9.17, 15) is 14.4 Å². The molecule has 0 atom stereocenters. The minimum absolute atomic E-state index is 0.107. The molecule has 1 rings (SSSR count). The Balaban J connectivity index is 1.96. The second-order valence-electron chi connectivity index (χ2n) is 4.51. The summed E-state index contributed by atoms with van der Waals surface area (Å²) in [6.07, 6.45) is 1.20. The molecule has 0 bridgehead atoms. The van der Waals surface area contributed by atoms with Crippen molar-refractivity contribution in [2.75, 3.05) is 58.1 Å². The lowest BCUT2D eigenvalue weighted by Crippen LogP contribution is -2.36. The zero-order chi connectivity index (χ0) is 16.9. The lowest BCUT2D eigenvalue weighted by molar-refractivity contribution is -0.108. The van der Waals surface area contributed by atoms with Crippen LogP contribution >= 0.6 is 0 Å². The minimum Gasteiger partial charge on any atom is -0.488 e. The maximum atomic E-state index is 11.3. The summed E-state index contributed by atoms with van der Waals surface area (Å²) < 4.78 is 20.8. The predicted molar refractivity (Wildman–Crippen MR) is 84.2 cm³/mol. The molecule has 0 unspecified atom stereocenters. The molecule has 0 aromatic heterocycles. The summed E-state index contributed by atoms with van der Waals surface area (Å²) in [6, 6.07) is 0. The van der Waals surface area contributed by atoms with Crippen LogP contribution in [0.5, 0.6) is 5.75 Å². The van der Waals surface area contributed by atoms with Gasteiger partial charge in [-0.05, 0) is 6.92 Å². The molecule has 23 heavy (non-hydrogen) atoms. The first-order valence-electron chi connectivity index (χ1n) is 7.59. The first-order valence-corrected chi connectivity index (χ1v) is 7.59. The second-order valence-corrected chi connectivity index (χ2v) is 4.51. The molecule has 0 spiro atoms. The van der Waals surface area contributed by atoms with Gasteiger partial charge in [0.2, 0.25) is 0 Å². The molecule has 1 N–H and O–H groups in total. The Morgan fingerprint density at radius 3 is 2.13 bits per heavy atom. The number of aldehydes is 1. The average molecular weight is 329 g/mol. The van der Waals surface area contributed by atoms with Gasteiger partial charge in [-0.25, -0.2) is 0 Å². The van der Waals surface area contributed by atoms with Gasteiger partial charge in [-0.15, -0.1) is 0 Å². The lowest BCUT2D eigenvalue weighted by atomic mass is 10.2. The molecule has 0 aliphatic carbocycles. The van der Waals surface area contributed by atoms with Crippen molar-refractivity contribution in [1.29, 1.82) is 0 Å². The maximum Gasteiger partial charge on any atom is 0.272 e. The van der Waals surface area contributed by atoms with Gasteiger partial charge in [0.15, 0.2) is 5.75 Å². The third kappa shape index (κ3) is 6.89. The van der Waals surface area contributed by atoms with Gasteiger partial charge in [-0.2, -0.15) is 0 Å². The SMILES string of the molecule is CCOc1c(NCCOCCOCCOCCC=O)c(=O)c1=O. The van der Waals surface area contributed by atoms with Crippen molar-refractivity contribution in [2.24, 2.45) is 0 Å². The fourth-order valence-corrected chi connectivity index (χ4v) is 1.73. The van der Waals surface area contributed by atoms with E-state index in [-0.39, 0.29) is 11.4 Å². The summed E-state index contributed by atoms with van der Waals surface area (Å²) in [6.45, 7) is 5.02. The number of carbonyl (C=O) groups excluding carboxylic acids is 1. The Morgan fingerprint density at radius 2 is 1.52 bits per heavy atom. The molecule has 0 aliphatic rings. The number of ether oxygens (including phenoxy) is 4. The molecule has 0 saturated carbocycles. The molecule has 0 heterocycles. The van der Waals surface area contributed by atoms with Crippen LogP contribution in [0, 0.1) is 0 Å². The van der Waals surface area contributed by atoms with E-state index >= 15 is 0 Å². The van der Waals surface area contributed by atoms with E-state index in [0.717, 1.165) is 6.29 Å². The first kappa shape index (κ1) is 19.3. The van der Waals surface area contributed by atoms with Gasteiger partial charge in [0.1, 0.15) is 12.0 Å². The largest absolute Gasteiger partial charge is 0.488 e. The predicted octanol–water partition coefficient (Wildman–Crippen LogP) is -0.268. The Bertz CT molecular complexity index is 522. The molecule has 0 saturated heterocycles. The standard InChI is InChI=1S/C15H23NO7/c1-2-23-15-12(13(18)14(15)19)16-4-7-21-9-11-22-10-8-20-6-3-5-17/h5,16H,2-4,6-11H2,1H3. The Labute approximate surface area is 134 Å². The van der Waals surface area contributed by atoms with Crippen LogP contribution in [0.3, 0.4) is 0 Å². The highest BCUT2D eigenvalue weighted by Gasteiger charge is 2.21. The highest BCUT2D eigenvalue weighted by atomic mass is 16.5. The molecule has 8 heteroatoms. The Morgan fingerprint density at radius 1 is 0.913 bits per heavy atom. The van der Waals surface area contributed by atoms with Gasteiger partial charge in [0.25, 0.3) is 10.9 Å². The normalized spacial score (nSPS) is 10.8. The number of carbonyl (C=O) groups is 1. The summed E-state index contributed by atoms with van der Waals surface area (Å²) in [5, 5.41) is 2.83. The van der Waals surface area contributed by atoms with E-state index in [0.29, 0.717) is 59.2 Å². The van der Waals surface area contributed by atoms with Crippen molar-refractivity contribution >= 4 is 12.0 Å². The van der Waals surface area contributed by atoms with Crippen molar-refractivity contribution in [3.05, 3.63) is 20.4 Å². The molecular formula is C15H23NO7. The topological polar surface area (TPSA) is 100 Å². The van der Waals surface area contributed by atoms with Crippen LogP contribution < -0.4 is 20.9 Å². The maximum absolute atomic E-state index is 11.3. The van der Waals surface area contributed by atoms with E-state index in [1.54, 1.807) is 6.92 Å². The fraction of sp³-hybridized carbons (Fsp3) is 0.667. The van der Waals surface area contributed by atoms with Gasteiger partial charge < -0.3 is 29.1 Å². The quantitative estimate of drug-likeness (QED) is 0.267. The van der Waals surface area contributed by atoms with E-state index < -0.39 is 10.9 Å². The van der Waals surface area contributed by atoms with Crippen molar-refractivity contribution in [3.8, 4) is 5.75 Å². The zero-order valence-electron chi connectivity index (χ0n) is 13.3. The summed E-state index contributed by atoms with van der Waals surface area (Å²) >= 11 is 0. The number of hydrogen-bond acceptors (Lipinski definition) is 8. The third-order valence-electron chi connectivity index (χ3n) is 2.83. The third-order valence-corrected chi connectivity index (χ3v) is 2.83. The molecule has 1 aromatic rings. The van der Waals surface area contributed by atoms with Gasteiger partial charge >= 0.3 is 0 Å². The number of nitrogens with one attached hydrogen (secondary N) is 1. The van der Waals surface area contributed by atoms with Gasteiger partial charge in [0, 0.05) is 13.0 Å². The van der Waals surface area contributed by atoms with Gasteiger partial charge in [-0.1, -0.05) is 0 Å². The monoisotopic (exact) mass is 329 g/mol. The summed E-state index contributed by atoms with van der Waals surface area (Å²) in [5.41, 5.74) is -0.908. The van der Waals surface area contributed by atoms with Crippen molar-refractivity contribution < 1.29 is 23.7 Å². The van der Waals surface area contributed by atoms with Gasteiger partial charge in [0.05, 0.1) is 46.2 Å².